The van der Waals surface area contributed by atoms with Crippen LogP contribution in [0.1, 0.15) is 36.9 Å². The molecule has 1 aromatic rings. The number of aryl methyl sites for hydroxylation is 1. The number of pyridine rings is 1. The van der Waals surface area contributed by atoms with Crippen LogP contribution in [0.2, 0.25) is 0 Å². The number of hydrogen-bond acceptors (Lipinski definition) is 3. The highest BCUT2D eigenvalue weighted by molar-refractivity contribution is 5.12. The van der Waals surface area contributed by atoms with E-state index in [1.807, 2.05) is 19.2 Å². The van der Waals surface area contributed by atoms with Crippen LogP contribution in [0.4, 0.5) is 0 Å². The number of aromatic nitrogens is 1. The number of nitrogens with one attached hydrogen (secondary N) is 1. The molecule has 1 saturated carbocycles. The zero-order valence-electron chi connectivity index (χ0n) is 10.5. The van der Waals surface area contributed by atoms with Crippen molar-refractivity contribution in [3.05, 3.63) is 29.6 Å². The number of rotatable bonds is 4. The van der Waals surface area contributed by atoms with Crippen molar-refractivity contribution in [1.29, 1.82) is 0 Å². The Morgan fingerprint density at radius 1 is 1.35 bits per heavy atom. The third-order valence-electron chi connectivity index (χ3n) is 3.58. The second-order valence-corrected chi connectivity index (χ2v) is 5.05. The normalized spacial score (nSPS) is 24.8. The molecule has 1 aromatic heterocycles. The van der Waals surface area contributed by atoms with Gasteiger partial charge in [-0.2, -0.15) is 0 Å². The van der Waals surface area contributed by atoms with Gasteiger partial charge >= 0.3 is 0 Å². The average Bonchev–Trinajstić information content (AvgIpc) is 2.34. The van der Waals surface area contributed by atoms with E-state index >= 15 is 0 Å². The molecule has 2 unspecified atom stereocenters. The van der Waals surface area contributed by atoms with E-state index in [0.29, 0.717) is 5.92 Å². The van der Waals surface area contributed by atoms with Crippen molar-refractivity contribution in [3.63, 3.8) is 0 Å². The van der Waals surface area contributed by atoms with Crippen molar-refractivity contribution in [2.24, 2.45) is 5.92 Å². The molecule has 0 saturated heterocycles. The maximum atomic E-state index is 9.85. The first-order chi connectivity index (χ1) is 8.25. The second-order valence-electron chi connectivity index (χ2n) is 5.05. The molecule has 0 aliphatic heterocycles. The number of hydrogen-bond donors (Lipinski definition) is 2. The minimum Gasteiger partial charge on any atom is -0.393 e. The zero-order valence-corrected chi connectivity index (χ0v) is 10.5. The Hall–Kier alpha value is -0.930. The van der Waals surface area contributed by atoms with Crippen LogP contribution in [-0.4, -0.2) is 22.7 Å². The van der Waals surface area contributed by atoms with E-state index in [9.17, 15) is 5.11 Å². The minimum atomic E-state index is -0.104. The molecule has 2 N–H and O–H groups in total. The van der Waals surface area contributed by atoms with Crippen molar-refractivity contribution in [1.82, 2.24) is 10.3 Å². The van der Waals surface area contributed by atoms with Gasteiger partial charge in [0, 0.05) is 25.0 Å². The van der Waals surface area contributed by atoms with E-state index in [2.05, 4.69) is 16.4 Å². The van der Waals surface area contributed by atoms with E-state index in [-0.39, 0.29) is 6.10 Å². The van der Waals surface area contributed by atoms with Crippen LogP contribution in [0.5, 0.6) is 0 Å². The van der Waals surface area contributed by atoms with Gasteiger partial charge in [-0.1, -0.05) is 18.9 Å². The van der Waals surface area contributed by atoms with E-state index in [1.165, 1.54) is 18.4 Å². The van der Waals surface area contributed by atoms with Gasteiger partial charge in [-0.25, -0.2) is 0 Å². The van der Waals surface area contributed by atoms with Crippen molar-refractivity contribution in [3.8, 4) is 0 Å². The SMILES string of the molecule is Cc1ccc(CNCC2CCCCC2O)cn1. The highest BCUT2D eigenvalue weighted by atomic mass is 16.3. The van der Waals surface area contributed by atoms with Crippen LogP contribution in [0, 0.1) is 12.8 Å². The Labute approximate surface area is 103 Å². The number of aliphatic hydroxyl groups excluding tert-OH is 1. The Balaban J connectivity index is 1.73. The summed E-state index contributed by atoms with van der Waals surface area (Å²) in [6.45, 7) is 3.75. The molecule has 3 heteroatoms. The fraction of sp³-hybridized carbons (Fsp3) is 0.643. The van der Waals surface area contributed by atoms with Crippen LogP contribution in [0.15, 0.2) is 18.3 Å². The highest BCUT2D eigenvalue weighted by Crippen LogP contribution is 2.23. The van der Waals surface area contributed by atoms with Gasteiger partial charge in [0.05, 0.1) is 6.10 Å². The number of nitrogens with zero attached hydrogens (tertiary/aromatic N) is 1. The Morgan fingerprint density at radius 3 is 2.88 bits per heavy atom. The summed E-state index contributed by atoms with van der Waals surface area (Å²) in [7, 11) is 0. The van der Waals surface area contributed by atoms with Gasteiger partial charge in [-0.3, -0.25) is 4.98 Å². The predicted octanol–water partition coefficient (Wildman–Crippen LogP) is 2.03. The summed E-state index contributed by atoms with van der Waals surface area (Å²) in [4.78, 5) is 4.27. The monoisotopic (exact) mass is 234 g/mol. The Bertz CT molecular complexity index is 337. The van der Waals surface area contributed by atoms with E-state index in [1.54, 1.807) is 0 Å². The summed E-state index contributed by atoms with van der Waals surface area (Å²) in [5, 5.41) is 13.3. The average molecular weight is 234 g/mol. The van der Waals surface area contributed by atoms with E-state index < -0.39 is 0 Å². The maximum absolute atomic E-state index is 9.85. The lowest BCUT2D eigenvalue weighted by molar-refractivity contribution is 0.0695. The topological polar surface area (TPSA) is 45.1 Å². The van der Waals surface area contributed by atoms with E-state index in [4.69, 9.17) is 0 Å². The molecular weight excluding hydrogens is 212 g/mol. The van der Waals surface area contributed by atoms with Gasteiger partial charge < -0.3 is 10.4 Å². The molecule has 0 aromatic carbocycles. The predicted molar refractivity (Wildman–Crippen MR) is 68.6 cm³/mol. The summed E-state index contributed by atoms with van der Waals surface area (Å²) in [6.07, 6.45) is 6.38. The molecule has 0 spiro atoms. The molecule has 1 fully saturated rings. The van der Waals surface area contributed by atoms with Crippen molar-refractivity contribution in [2.45, 2.75) is 45.3 Å². The van der Waals surface area contributed by atoms with Gasteiger partial charge in [-0.05, 0) is 37.3 Å². The molecule has 2 rings (SSSR count). The number of aliphatic hydroxyl groups is 1. The van der Waals surface area contributed by atoms with Crippen molar-refractivity contribution in [2.75, 3.05) is 6.54 Å². The van der Waals surface area contributed by atoms with Gasteiger partial charge in [0.15, 0.2) is 0 Å². The summed E-state index contributed by atoms with van der Waals surface area (Å²) in [5.74, 6) is 0.433. The van der Waals surface area contributed by atoms with Crippen molar-refractivity contribution >= 4 is 0 Å². The summed E-state index contributed by atoms with van der Waals surface area (Å²) < 4.78 is 0. The van der Waals surface area contributed by atoms with Gasteiger partial charge in [0.2, 0.25) is 0 Å². The van der Waals surface area contributed by atoms with Crippen LogP contribution < -0.4 is 5.32 Å². The molecule has 17 heavy (non-hydrogen) atoms. The molecule has 0 bridgehead atoms. The molecule has 0 amide bonds. The summed E-state index contributed by atoms with van der Waals surface area (Å²) >= 11 is 0. The van der Waals surface area contributed by atoms with Crippen molar-refractivity contribution < 1.29 is 5.11 Å². The van der Waals surface area contributed by atoms with Crippen LogP contribution in [0.25, 0.3) is 0 Å². The molecular formula is C14H22N2O. The van der Waals surface area contributed by atoms with Gasteiger partial charge in [0.1, 0.15) is 0 Å². The third-order valence-corrected chi connectivity index (χ3v) is 3.58. The molecule has 3 nitrogen and oxygen atoms in total. The second kappa shape index (κ2) is 6.12. The minimum absolute atomic E-state index is 0.104. The highest BCUT2D eigenvalue weighted by Gasteiger charge is 2.22. The first kappa shape index (κ1) is 12.5. The fourth-order valence-corrected chi connectivity index (χ4v) is 2.43. The van der Waals surface area contributed by atoms with Gasteiger partial charge in [-0.15, -0.1) is 0 Å². The molecule has 2 atom stereocenters. The molecule has 0 radical (unpaired) electrons. The molecule has 1 heterocycles. The van der Waals surface area contributed by atoms with Crippen LogP contribution in [-0.2, 0) is 6.54 Å². The molecule has 1 aliphatic rings. The Morgan fingerprint density at radius 2 is 2.18 bits per heavy atom. The summed E-state index contributed by atoms with van der Waals surface area (Å²) in [5.41, 5.74) is 2.26. The largest absolute Gasteiger partial charge is 0.393 e. The lowest BCUT2D eigenvalue weighted by Gasteiger charge is -2.27. The first-order valence-corrected chi connectivity index (χ1v) is 6.56. The maximum Gasteiger partial charge on any atom is 0.0580 e. The van der Waals surface area contributed by atoms with Crippen LogP contribution in [0.3, 0.4) is 0 Å². The first-order valence-electron chi connectivity index (χ1n) is 6.56. The standard InChI is InChI=1S/C14H22N2O/c1-11-6-7-12(9-16-11)8-15-10-13-4-2-3-5-14(13)17/h6-7,9,13-15,17H,2-5,8,10H2,1H3. The van der Waals surface area contributed by atoms with Crippen LogP contribution >= 0.6 is 0 Å². The fourth-order valence-electron chi connectivity index (χ4n) is 2.43. The lowest BCUT2D eigenvalue weighted by Crippen LogP contribution is -2.33. The molecule has 1 aliphatic carbocycles. The lowest BCUT2D eigenvalue weighted by atomic mass is 9.86. The third kappa shape index (κ3) is 3.79. The molecule has 94 valence electrons. The van der Waals surface area contributed by atoms with Gasteiger partial charge in [0.25, 0.3) is 0 Å². The van der Waals surface area contributed by atoms with E-state index in [0.717, 1.165) is 31.6 Å². The Kier molecular flexibility index (Phi) is 4.51. The summed E-state index contributed by atoms with van der Waals surface area (Å²) in [6, 6.07) is 4.14. The smallest absolute Gasteiger partial charge is 0.0580 e. The quantitative estimate of drug-likeness (QED) is 0.838. The zero-order chi connectivity index (χ0) is 12.1.